The molecule has 1 atom stereocenters. The van der Waals surface area contributed by atoms with Crippen molar-refractivity contribution in [2.75, 3.05) is 32.8 Å². The summed E-state index contributed by atoms with van der Waals surface area (Å²) in [5.41, 5.74) is 2.37. The average molecular weight is 398 g/mol. The first-order valence-electron chi connectivity index (χ1n) is 9.38. The van der Waals surface area contributed by atoms with E-state index in [0.717, 1.165) is 31.9 Å². The highest BCUT2D eigenvalue weighted by Crippen LogP contribution is 2.26. The smallest absolute Gasteiger partial charge is 0.273 e. The summed E-state index contributed by atoms with van der Waals surface area (Å²) in [4.78, 5) is 16.2. The first kappa shape index (κ1) is 18.9. The number of aromatic nitrogens is 1. The van der Waals surface area contributed by atoms with Crippen LogP contribution in [0.4, 0.5) is 0 Å². The van der Waals surface area contributed by atoms with Crippen molar-refractivity contribution in [1.29, 1.82) is 0 Å². The molecule has 1 aromatic carbocycles. The molecule has 1 fully saturated rings. The van der Waals surface area contributed by atoms with Gasteiger partial charge in [0.15, 0.2) is 11.5 Å². The lowest BCUT2D eigenvalue weighted by molar-refractivity contribution is 0.0169. The Morgan fingerprint density at radius 1 is 1.25 bits per heavy atom. The molecule has 0 saturated carbocycles. The highest BCUT2D eigenvalue weighted by molar-refractivity contribution is 7.10. The van der Waals surface area contributed by atoms with E-state index in [0.29, 0.717) is 18.0 Å². The van der Waals surface area contributed by atoms with Gasteiger partial charge in [0.25, 0.3) is 5.91 Å². The Bertz CT molecular complexity index is 899. The highest BCUT2D eigenvalue weighted by Gasteiger charge is 2.24. The van der Waals surface area contributed by atoms with E-state index in [-0.39, 0.29) is 11.9 Å². The summed E-state index contributed by atoms with van der Waals surface area (Å²) in [5.74, 6) is 0.366. The molecule has 1 saturated heterocycles. The number of hydrogen-bond donors (Lipinski definition) is 1. The molecule has 3 aromatic rings. The number of rotatable bonds is 6. The maximum atomic E-state index is 12.6. The molecule has 146 valence electrons. The third-order valence-electron chi connectivity index (χ3n) is 4.89. The molecule has 0 radical (unpaired) electrons. The van der Waals surface area contributed by atoms with Crippen molar-refractivity contribution in [3.8, 4) is 11.3 Å². The molecular weight excluding hydrogens is 374 g/mol. The van der Waals surface area contributed by atoms with Crippen LogP contribution in [0.2, 0.25) is 0 Å². The fourth-order valence-electron chi connectivity index (χ4n) is 3.30. The van der Waals surface area contributed by atoms with Gasteiger partial charge in [-0.25, -0.2) is 0 Å². The zero-order chi connectivity index (χ0) is 19.3. The van der Waals surface area contributed by atoms with Crippen LogP contribution in [0.3, 0.4) is 0 Å². The van der Waals surface area contributed by atoms with Gasteiger partial charge in [-0.15, -0.1) is 11.3 Å². The molecule has 1 amide bonds. The Labute approximate surface area is 168 Å². The normalized spacial score (nSPS) is 16.0. The number of nitrogens with zero attached hydrogens (tertiary/aromatic N) is 2. The minimum Gasteiger partial charge on any atom is -0.379 e. The summed E-state index contributed by atoms with van der Waals surface area (Å²) in [6.07, 6.45) is 0. The zero-order valence-electron chi connectivity index (χ0n) is 15.8. The maximum Gasteiger partial charge on any atom is 0.273 e. The van der Waals surface area contributed by atoms with Crippen LogP contribution in [-0.4, -0.2) is 48.8 Å². The van der Waals surface area contributed by atoms with Crippen LogP contribution in [-0.2, 0) is 4.74 Å². The van der Waals surface area contributed by atoms with Gasteiger partial charge in [0, 0.05) is 36.1 Å². The van der Waals surface area contributed by atoms with Crippen molar-refractivity contribution in [3.05, 3.63) is 64.0 Å². The van der Waals surface area contributed by atoms with Crippen LogP contribution in [0.15, 0.2) is 52.4 Å². The first-order chi connectivity index (χ1) is 13.7. The van der Waals surface area contributed by atoms with Crippen molar-refractivity contribution in [2.24, 2.45) is 0 Å². The fourth-order valence-corrected chi connectivity index (χ4v) is 4.16. The van der Waals surface area contributed by atoms with E-state index >= 15 is 0 Å². The standard InChI is InChI=1S/C21H23N3O3S/c1-15-4-6-16(7-5-15)19-13-17(23-27-19)21(25)22-14-18(20-3-2-12-28-20)24-8-10-26-11-9-24/h2-7,12-13,18H,8-11,14H2,1H3,(H,22,25)/t18-/m1/s1. The summed E-state index contributed by atoms with van der Waals surface area (Å²) in [6, 6.07) is 13.9. The van der Waals surface area contributed by atoms with Gasteiger partial charge >= 0.3 is 0 Å². The van der Waals surface area contributed by atoms with E-state index in [9.17, 15) is 4.79 Å². The molecule has 4 rings (SSSR count). The summed E-state index contributed by atoms with van der Waals surface area (Å²) >= 11 is 1.71. The van der Waals surface area contributed by atoms with Crippen LogP contribution in [0, 0.1) is 6.92 Å². The number of carbonyl (C=O) groups is 1. The Morgan fingerprint density at radius 2 is 2.04 bits per heavy atom. The predicted molar refractivity (Wildman–Crippen MR) is 108 cm³/mol. The number of thiophene rings is 1. The molecule has 1 N–H and O–H groups in total. The largest absolute Gasteiger partial charge is 0.379 e. The average Bonchev–Trinajstić information content (AvgIpc) is 3.42. The second-order valence-electron chi connectivity index (χ2n) is 6.83. The van der Waals surface area contributed by atoms with Crippen LogP contribution in [0.25, 0.3) is 11.3 Å². The second-order valence-corrected chi connectivity index (χ2v) is 7.81. The number of aryl methyl sites for hydroxylation is 1. The predicted octanol–water partition coefficient (Wildman–Crippen LogP) is 3.51. The van der Waals surface area contributed by atoms with Crippen molar-refractivity contribution in [3.63, 3.8) is 0 Å². The molecule has 1 aliphatic rings. The Morgan fingerprint density at radius 3 is 2.75 bits per heavy atom. The number of ether oxygens (including phenoxy) is 1. The minimum absolute atomic E-state index is 0.135. The zero-order valence-corrected chi connectivity index (χ0v) is 16.6. The molecule has 0 unspecified atom stereocenters. The number of morpholine rings is 1. The van der Waals surface area contributed by atoms with Gasteiger partial charge in [-0.3, -0.25) is 9.69 Å². The molecule has 7 heteroatoms. The first-order valence-corrected chi connectivity index (χ1v) is 10.3. The SMILES string of the molecule is Cc1ccc(-c2cc(C(=O)NC[C@H](c3cccs3)N3CCOCC3)no2)cc1. The van der Waals surface area contributed by atoms with Crippen LogP contribution >= 0.6 is 11.3 Å². The molecule has 0 bridgehead atoms. The molecular formula is C21H23N3O3S. The Hall–Kier alpha value is -2.48. The minimum atomic E-state index is -0.225. The molecule has 0 spiro atoms. The monoisotopic (exact) mass is 397 g/mol. The van der Waals surface area contributed by atoms with Gasteiger partial charge in [-0.2, -0.15) is 0 Å². The number of carbonyl (C=O) groups excluding carboxylic acids is 1. The number of amides is 1. The Kier molecular flexibility index (Phi) is 5.85. The number of benzene rings is 1. The lowest BCUT2D eigenvalue weighted by atomic mass is 10.1. The summed E-state index contributed by atoms with van der Waals surface area (Å²) in [5, 5.41) is 9.04. The van der Waals surface area contributed by atoms with E-state index in [1.54, 1.807) is 17.4 Å². The maximum absolute atomic E-state index is 12.6. The quantitative estimate of drug-likeness (QED) is 0.689. The topological polar surface area (TPSA) is 67.6 Å². The fraction of sp³-hybridized carbons (Fsp3) is 0.333. The van der Waals surface area contributed by atoms with Crippen LogP contribution in [0.5, 0.6) is 0 Å². The van der Waals surface area contributed by atoms with Crippen molar-refractivity contribution in [2.45, 2.75) is 13.0 Å². The van der Waals surface area contributed by atoms with Crippen molar-refractivity contribution in [1.82, 2.24) is 15.4 Å². The Balaban J connectivity index is 1.43. The van der Waals surface area contributed by atoms with Crippen molar-refractivity contribution < 1.29 is 14.1 Å². The van der Waals surface area contributed by atoms with Gasteiger partial charge in [0.1, 0.15) is 0 Å². The molecule has 1 aliphatic heterocycles. The van der Waals surface area contributed by atoms with E-state index in [2.05, 4.69) is 26.8 Å². The molecule has 6 nitrogen and oxygen atoms in total. The summed E-state index contributed by atoms with van der Waals surface area (Å²) in [7, 11) is 0. The van der Waals surface area contributed by atoms with Gasteiger partial charge in [-0.05, 0) is 18.4 Å². The lowest BCUT2D eigenvalue weighted by Gasteiger charge is -2.34. The lowest BCUT2D eigenvalue weighted by Crippen LogP contribution is -2.43. The molecule has 28 heavy (non-hydrogen) atoms. The van der Waals surface area contributed by atoms with E-state index in [4.69, 9.17) is 9.26 Å². The number of nitrogens with one attached hydrogen (secondary N) is 1. The highest BCUT2D eigenvalue weighted by atomic mass is 32.1. The third kappa shape index (κ3) is 4.32. The third-order valence-corrected chi connectivity index (χ3v) is 5.87. The van der Waals surface area contributed by atoms with E-state index in [1.165, 1.54) is 10.4 Å². The summed E-state index contributed by atoms with van der Waals surface area (Å²) < 4.78 is 10.8. The van der Waals surface area contributed by atoms with Crippen LogP contribution < -0.4 is 5.32 Å². The van der Waals surface area contributed by atoms with E-state index < -0.39 is 0 Å². The van der Waals surface area contributed by atoms with Gasteiger partial charge in [0.05, 0.1) is 19.3 Å². The molecule has 0 aliphatic carbocycles. The van der Waals surface area contributed by atoms with Crippen molar-refractivity contribution >= 4 is 17.2 Å². The summed E-state index contributed by atoms with van der Waals surface area (Å²) in [6.45, 7) is 5.71. The van der Waals surface area contributed by atoms with E-state index in [1.807, 2.05) is 37.3 Å². The van der Waals surface area contributed by atoms with Gasteiger partial charge < -0.3 is 14.6 Å². The number of hydrogen-bond acceptors (Lipinski definition) is 6. The molecule has 2 aromatic heterocycles. The van der Waals surface area contributed by atoms with Gasteiger partial charge in [-0.1, -0.05) is 41.1 Å². The van der Waals surface area contributed by atoms with Gasteiger partial charge in [0.2, 0.25) is 0 Å². The molecule has 3 heterocycles. The van der Waals surface area contributed by atoms with Crippen LogP contribution in [0.1, 0.15) is 27.0 Å². The second kappa shape index (κ2) is 8.68.